The smallest absolute Gasteiger partial charge is 0.254 e. The number of nitrogens with one attached hydrogen (secondary N) is 2. The first-order valence-electron chi connectivity index (χ1n) is 5.40. The molecule has 2 N–H and O–H groups in total. The Bertz CT molecular complexity index is 349. The number of methoxy groups -OCH3 is 1. The number of carbonyl (C=O) groups is 1. The molecule has 1 aromatic rings. The van der Waals surface area contributed by atoms with Crippen molar-refractivity contribution in [3.8, 4) is 0 Å². The van der Waals surface area contributed by atoms with Crippen molar-refractivity contribution < 1.29 is 9.53 Å². The van der Waals surface area contributed by atoms with Crippen LogP contribution >= 0.6 is 0 Å². The van der Waals surface area contributed by atoms with Crippen LogP contribution in [0.5, 0.6) is 0 Å². The summed E-state index contributed by atoms with van der Waals surface area (Å²) in [7, 11) is 1.55. The zero-order chi connectivity index (χ0) is 11.4. The molecule has 86 valence electrons. The average molecular weight is 220 g/mol. The van der Waals surface area contributed by atoms with E-state index in [2.05, 4.69) is 10.6 Å². The first kappa shape index (κ1) is 11.1. The Morgan fingerprint density at radius 2 is 2.12 bits per heavy atom. The second kappa shape index (κ2) is 5.09. The number of hydrogen-bond acceptors (Lipinski definition) is 3. The van der Waals surface area contributed by atoms with Crippen LogP contribution in [0.15, 0.2) is 30.3 Å². The highest BCUT2D eigenvalue weighted by atomic mass is 16.5. The van der Waals surface area contributed by atoms with E-state index in [0.29, 0.717) is 0 Å². The Kier molecular flexibility index (Phi) is 3.54. The predicted molar refractivity (Wildman–Crippen MR) is 61.0 cm³/mol. The maximum absolute atomic E-state index is 11.9. The van der Waals surface area contributed by atoms with Crippen molar-refractivity contribution in [2.24, 2.45) is 0 Å². The van der Waals surface area contributed by atoms with E-state index in [1.54, 1.807) is 7.11 Å². The van der Waals surface area contributed by atoms with Crippen LogP contribution in [0.25, 0.3) is 0 Å². The van der Waals surface area contributed by atoms with Gasteiger partial charge in [-0.3, -0.25) is 4.79 Å². The van der Waals surface area contributed by atoms with Gasteiger partial charge in [-0.25, -0.2) is 0 Å². The standard InChI is InChI=1S/C12H16N2O2/c1-16-11(9-5-3-2-4-6-9)12(15)14-10-7-13-8-10/h2-6,10-11,13H,7-8H2,1H3,(H,14,15). The van der Waals surface area contributed by atoms with E-state index in [1.165, 1.54) is 0 Å². The lowest BCUT2D eigenvalue weighted by Crippen LogP contribution is -2.57. The van der Waals surface area contributed by atoms with Gasteiger partial charge in [0.1, 0.15) is 0 Å². The molecule has 1 unspecified atom stereocenters. The van der Waals surface area contributed by atoms with Gasteiger partial charge >= 0.3 is 0 Å². The first-order valence-corrected chi connectivity index (χ1v) is 5.40. The van der Waals surface area contributed by atoms with Crippen molar-refractivity contribution in [1.82, 2.24) is 10.6 Å². The van der Waals surface area contributed by atoms with Gasteiger partial charge in [-0.2, -0.15) is 0 Å². The van der Waals surface area contributed by atoms with Crippen LogP contribution in [-0.4, -0.2) is 32.1 Å². The van der Waals surface area contributed by atoms with E-state index in [1.807, 2.05) is 30.3 Å². The van der Waals surface area contributed by atoms with Crippen LogP contribution in [-0.2, 0) is 9.53 Å². The van der Waals surface area contributed by atoms with Gasteiger partial charge < -0.3 is 15.4 Å². The van der Waals surface area contributed by atoms with Crippen LogP contribution in [0, 0.1) is 0 Å². The maximum Gasteiger partial charge on any atom is 0.254 e. The van der Waals surface area contributed by atoms with Crippen molar-refractivity contribution in [3.05, 3.63) is 35.9 Å². The van der Waals surface area contributed by atoms with Gasteiger partial charge in [0.05, 0.1) is 6.04 Å². The molecule has 0 saturated carbocycles. The minimum atomic E-state index is -0.512. The summed E-state index contributed by atoms with van der Waals surface area (Å²) in [4.78, 5) is 11.9. The molecule has 1 aliphatic rings. The minimum absolute atomic E-state index is 0.0693. The third-order valence-corrected chi connectivity index (χ3v) is 2.70. The summed E-state index contributed by atoms with van der Waals surface area (Å²) in [6.45, 7) is 1.69. The molecule has 1 saturated heterocycles. The molecule has 0 aromatic heterocycles. The second-order valence-corrected chi connectivity index (χ2v) is 3.89. The summed E-state index contributed by atoms with van der Waals surface area (Å²) in [6, 6.07) is 9.76. The van der Waals surface area contributed by atoms with Crippen LogP contribution in [0.2, 0.25) is 0 Å². The largest absolute Gasteiger partial charge is 0.367 e. The normalized spacial score (nSPS) is 17.6. The molecule has 1 aromatic carbocycles. The molecule has 4 nitrogen and oxygen atoms in total. The summed E-state index contributed by atoms with van der Waals surface area (Å²) in [6.07, 6.45) is -0.512. The highest BCUT2D eigenvalue weighted by Gasteiger charge is 2.25. The maximum atomic E-state index is 11.9. The number of ether oxygens (including phenoxy) is 1. The molecule has 16 heavy (non-hydrogen) atoms. The Hall–Kier alpha value is -1.39. The minimum Gasteiger partial charge on any atom is -0.367 e. The van der Waals surface area contributed by atoms with Gasteiger partial charge in [0.25, 0.3) is 5.91 Å². The topological polar surface area (TPSA) is 50.4 Å². The zero-order valence-corrected chi connectivity index (χ0v) is 9.27. The van der Waals surface area contributed by atoms with E-state index in [-0.39, 0.29) is 11.9 Å². The van der Waals surface area contributed by atoms with Gasteiger partial charge in [0, 0.05) is 20.2 Å². The van der Waals surface area contributed by atoms with Crippen LogP contribution in [0.3, 0.4) is 0 Å². The van der Waals surface area contributed by atoms with Crippen molar-refractivity contribution >= 4 is 5.91 Å². The zero-order valence-electron chi connectivity index (χ0n) is 9.27. The van der Waals surface area contributed by atoms with Crippen LogP contribution < -0.4 is 10.6 Å². The molecular weight excluding hydrogens is 204 g/mol. The van der Waals surface area contributed by atoms with E-state index in [4.69, 9.17) is 4.74 Å². The Balaban J connectivity index is 2.01. The summed E-state index contributed by atoms with van der Waals surface area (Å²) in [5.74, 6) is -0.0693. The van der Waals surface area contributed by atoms with Gasteiger partial charge in [0.15, 0.2) is 6.10 Å². The number of hydrogen-bond donors (Lipinski definition) is 2. The Labute approximate surface area is 95.0 Å². The summed E-state index contributed by atoms with van der Waals surface area (Å²) in [5.41, 5.74) is 0.884. The number of rotatable bonds is 4. The van der Waals surface area contributed by atoms with Gasteiger partial charge in [-0.15, -0.1) is 0 Å². The molecular formula is C12H16N2O2. The van der Waals surface area contributed by atoms with Crippen LogP contribution in [0.4, 0.5) is 0 Å². The summed E-state index contributed by atoms with van der Waals surface area (Å²) in [5, 5.41) is 6.05. The second-order valence-electron chi connectivity index (χ2n) is 3.89. The van der Waals surface area contributed by atoms with Crippen molar-refractivity contribution in [3.63, 3.8) is 0 Å². The summed E-state index contributed by atoms with van der Waals surface area (Å²) >= 11 is 0. The first-order chi connectivity index (χ1) is 7.81. The van der Waals surface area contributed by atoms with Gasteiger partial charge in [-0.1, -0.05) is 30.3 Å². The Morgan fingerprint density at radius 1 is 1.44 bits per heavy atom. The Morgan fingerprint density at radius 3 is 2.62 bits per heavy atom. The van der Waals surface area contributed by atoms with Crippen molar-refractivity contribution in [1.29, 1.82) is 0 Å². The fourth-order valence-electron chi connectivity index (χ4n) is 1.69. The van der Waals surface area contributed by atoms with E-state index >= 15 is 0 Å². The highest BCUT2D eigenvalue weighted by molar-refractivity contribution is 5.82. The molecule has 0 bridgehead atoms. The average Bonchev–Trinajstić information content (AvgIpc) is 2.26. The van der Waals surface area contributed by atoms with Crippen LogP contribution in [0.1, 0.15) is 11.7 Å². The van der Waals surface area contributed by atoms with Gasteiger partial charge in [0.2, 0.25) is 0 Å². The molecule has 1 amide bonds. The molecule has 1 fully saturated rings. The SMILES string of the molecule is COC(C(=O)NC1CNC1)c1ccccc1. The molecule has 1 aliphatic heterocycles. The number of benzene rings is 1. The molecule has 1 atom stereocenters. The highest BCUT2D eigenvalue weighted by Crippen LogP contribution is 2.16. The van der Waals surface area contributed by atoms with E-state index in [9.17, 15) is 4.79 Å². The lowest BCUT2D eigenvalue weighted by molar-refractivity contribution is -0.132. The molecule has 0 radical (unpaired) electrons. The molecule has 0 spiro atoms. The monoisotopic (exact) mass is 220 g/mol. The molecule has 0 aliphatic carbocycles. The van der Waals surface area contributed by atoms with Crippen molar-refractivity contribution in [2.45, 2.75) is 12.1 Å². The lowest BCUT2D eigenvalue weighted by atomic mass is 10.1. The van der Waals surface area contributed by atoms with Crippen molar-refractivity contribution in [2.75, 3.05) is 20.2 Å². The third-order valence-electron chi connectivity index (χ3n) is 2.70. The van der Waals surface area contributed by atoms with E-state index in [0.717, 1.165) is 18.7 Å². The predicted octanol–water partition coefficient (Wildman–Crippen LogP) is 0.462. The molecule has 4 heteroatoms. The van der Waals surface area contributed by atoms with E-state index < -0.39 is 6.10 Å². The number of carbonyl (C=O) groups excluding carboxylic acids is 1. The van der Waals surface area contributed by atoms with Gasteiger partial charge in [-0.05, 0) is 5.56 Å². The fraction of sp³-hybridized carbons (Fsp3) is 0.417. The number of amides is 1. The lowest BCUT2D eigenvalue weighted by Gasteiger charge is -2.29. The fourth-order valence-corrected chi connectivity index (χ4v) is 1.69. The molecule has 1 heterocycles. The summed E-state index contributed by atoms with van der Waals surface area (Å²) < 4.78 is 5.24. The quantitative estimate of drug-likeness (QED) is 0.775. The third kappa shape index (κ3) is 2.40. The molecule has 2 rings (SSSR count).